The van der Waals surface area contributed by atoms with E-state index >= 15 is 0 Å². The van der Waals surface area contributed by atoms with E-state index in [0.717, 1.165) is 25.7 Å². The van der Waals surface area contributed by atoms with Crippen LogP contribution in [0.2, 0.25) is 0 Å². The number of carbonyl (C=O) groups is 1. The largest absolute Gasteiger partial charge is 0.481 e. The first kappa shape index (κ1) is 12.0. The Morgan fingerprint density at radius 1 is 1.47 bits per heavy atom. The van der Waals surface area contributed by atoms with Gasteiger partial charge in [0.05, 0.1) is 5.92 Å². The zero-order valence-electron chi connectivity index (χ0n) is 9.57. The monoisotopic (exact) mass is 208 g/mol. The van der Waals surface area contributed by atoms with Crippen LogP contribution in [-0.4, -0.2) is 11.1 Å². The van der Waals surface area contributed by atoms with Gasteiger partial charge in [0.15, 0.2) is 0 Å². The Kier molecular flexibility index (Phi) is 4.60. The molecule has 0 aromatic carbocycles. The standard InChI is InChI=1S/C13H20O2/c1-10(8-11(2)13(14)15)9-12-6-4-3-5-7-12/h4,6-7,10-11H,3,5,8-9H2,1-2H3,(H,14,15)/t10?,11-/m0/s1. The summed E-state index contributed by atoms with van der Waals surface area (Å²) in [6.45, 7) is 3.91. The Bertz CT molecular complexity index is 276. The van der Waals surface area contributed by atoms with Gasteiger partial charge in [0.2, 0.25) is 0 Å². The maximum Gasteiger partial charge on any atom is 0.306 e. The lowest BCUT2D eigenvalue weighted by atomic mass is 9.90. The van der Waals surface area contributed by atoms with Gasteiger partial charge in [-0.15, -0.1) is 0 Å². The number of hydrogen-bond donors (Lipinski definition) is 1. The summed E-state index contributed by atoms with van der Waals surface area (Å²) in [4.78, 5) is 10.7. The third-order valence-electron chi connectivity index (χ3n) is 2.83. The van der Waals surface area contributed by atoms with Gasteiger partial charge in [-0.2, -0.15) is 0 Å². The Morgan fingerprint density at radius 3 is 2.73 bits per heavy atom. The quantitative estimate of drug-likeness (QED) is 0.751. The van der Waals surface area contributed by atoms with Crippen molar-refractivity contribution in [3.63, 3.8) is 0 Å². The van der Waals surface area contributed by atoms with Gasteiger partial charge in [-0.3, -0.25) is 4.79 Å². The second kappa shape index (κ2) is 5.74. The molecule has 0 aliphatic heterocycles. The fourth-order valence-corrected chi connectivity index (χ4v) is 2.01. The van der Waals surface area contributed by atoms with Crippen LogP contribution in [0.15, 0.2) is 23.8 Å². The van der Waals surface area contributed by atoms with Crippen LogP contribution in [0.1, 0.15) is 39.5 Å². The molecule has 0 aromatic heterocycles. The van der Waals surface area contributed by atoms with Crippen molar-refractivity contribution >= 4 is 5.97 Å². The summed E-state index contributed by atoms with van der Waals surface area (Å²) in [6, 6.07) is 0. The molecule has 1 rings (SSSR count). The van der Waals surface area contributed by atoms with Crippen molar-refractivity contribution in [2.24, 2.45) is 11.8 Å². The molecule has 0 aromatic rings. The molecule has 0 heterocycles. The SMILES string of the molecule is CC(CC1=CCCC=C1)C[C@H](C)C(=O)O. The molecule has 0 saturated heterocycles. The van der Waals surface area contributed by atoms with Crippen LogP contribution in [0.25, 0.3) is 0 Å². The van der Waals surface area contributed by atoms with Crippen molar-refractivity contribution in [2.45, 2.75) is 39.5 Å². The predicted octanol–water partition coefficient (Wildman–Crippen LogP) is 3.40. The van der Waals surface area contributed by atoms with E-state index in [1.54, 1.807) is 6.92 Å². The van der Waals surface area contributed by atoms with E-state index in [0.29, 0.717) is 5.92 Å². The van der Waals surface area contributed by atoms with Gasteiger partial charge in [-0.1, -0.05) is 37.6 Å². The van der Waals surface area contributed by atoms with Crippen molar-refractivity contribution in [1.29, 1.82) is 0 Å². The molecule has 1 N–H and O–H groups in total. The molecule has 15 heavy (non-hydrogen) atoms. The van der Waals surface area contributed by atoms with Crippen LogP contribution in [-0.2, 0) is 4.79 Å². The highest BCUT2D eigenvalue weighted by Crippen LogP contribution is 2.22. The minimum Gasteiger partial charge on any atom is -0.481 e. The Hall–Kier alpha value is -1.05. The lowest BCUT2D eigenvalue weighted by Crippen LogP contribution is -2.13. The summed E-state index contributed by atoms with van der Waals surface area (Å²) in [5.41, 5.74) is 1.37. The summed E-state index contributed by atoms with van der Waals surface area (Å²) in [7, 11) is 0. The van der Waals surface area contributed by atoms with E-state index < -0.39 is 5.97 Å². The molecule has 0 saturated carbocycles. The summed E-state index contributed by atoms with van der Waals surface area (Å²) < 4.78 is 0. The summed E-state index contributed by atoms with van der Waals surface area (Å²) in [5.74, 6) is -0.465. The van der Waals surface area contributed by atoms with Gasteiger partial charge in [0.1, 0.15) is 0 Å². The van der Waals surface area contributed by atoms with Gasteiger partial charge >= 0.3 is 5.97 Å². The zero-order valence-corrected chi connectivity index (χ0v) is 9.57. The van der Waals surface area contributed by atoms with Crippen LogP contribution >= 0.6 is 0 Å². The molecule has 0 spiro atoms. The first-order valence-corrected chi connectivity index (χ1v) is 5.68. The third-order valence-corrected chi connectivity index (χ3v) is 2.83. The maximum atomic E-state index is 10.7. The van der Waals surface area contributed by atoms with Crippen LogP contribution < -0.4 is 0 Å². The number of rotatable bonds is 5. The second-order valence-electron chi connectivity index (χ2n) is 4.54. The van der Waals surface area contributed by atoms with Crippen molar-refractivity contribution in [1.82, 2.24) is 0 Å². The van der Waals surface area contributed by atoms with Crippen molar-refractivity contribution in [2.75, 3.05) is 0 Å². The van der Waals surface area contributed by atoms with Crippen molar-refractivity contribution in [3.05, 3.63) is 23.8 Å². The molecule has 2 nitrogen and oxygen atoms in total. The van der Waals surface area contributed by atoms with Crippen LogP contribution in [0.4, 0.5) is 0 Å². The van der Waals surface area contributed by atoms with Gasteiger partial charge in [-0.05, 0) is 31.6 Å². The first-order valence-electron chi connectivity index (χ1n) is 5.68. The smallest absolute Gasteiger partial charge is 0.306 e. The number of carboxylic acids is 1. The highest BCUT2D eigenvalue weighted by molar-refractivity contribution is 5.69. The Balaban J connectivity index is 2.35. The van der Waals surface area contributed by atoms with Crippen molar-refractivity contribution < 1.29 is 9.90 Å². The van der Waals surface area contributed by atoms with E-state index in [4.69, 9.17) is 5.11 Å². The van der Waals surface area contributed by atoms with Crippen LogP contribution in [0.3, 0.4) is 0 Å². The molecule has 0 amide bonds. The van der Waals surface area contributed by atoms with Gasteiger partial charge in [0.25, 0.3) is 0 Å². The fraction of sp³-hybridized carbons (Fsp3) is 0.615. The second-order valence-corrected chi connectivity index (χ2v) is 4.54. The van der Waals surface area contributed by atoms with Gasteiger partial charge in [-0.25, -0.2) is 0 Å². The van der Waals surface area contributed by atoms with E-state index in [2.05, 4.69) is 25.2 Å². The van der Waals surface area contributed by atoms with Gasteiger partial charge < -0.3 is 5.11 Å². The summed E-state index contributed by atoms with van der Waals surface area (Å²) in [6.07, 6.45) is 10.7. The molecular formula is C13H20O2. The van der Waals surface area contributed by atoms with Gasteiger partial charge in [0, 0.05) is 0 Å². The highest BCUT2D eigenvalue weighted by atomic mass is 16.4. The van der Waals surface area contributed by atoms with Crippen LogP contribution in [0, 0.1) is 11.8 Å². The molecular weight excluding hydrogens is 188 g/mol. The normalized spacial score (nSPS) is 19.5. The van der Waals surface area contributed by atoms with Crippen LogP contribution in [0.5, 0.6) is 0 Å². The third kappa shape index (κ3) is 4.32. The molecule has 1 aliphatic rings. The molecule has 0 radical (unpaired) electrons. The fourth-order valence-electron chi connectivity index (χ4n) is 2.01. The average Bonchev–Trinajstić information content (AvgIpc) is 2.18. The van der Waals surface area contributed by atoms with Crippen molar-refractivity contribution in [3.8, 4) is 0 Å². The van der Waals surface area contributed by atoms with E-state index in [-0.39, 0.29) is 5.92 Å². The Labute approximate surface area is 91.7 Å². The van der Waals surface area contributed by atoms with E-state index in [1.807, 2.05) is 0 Å². The lowest BCUT2D eigenvalue weighted by Gasteiger charge is -2.16. The maximum absolute atomic E-state index is 10.7. The molecule has 84 valence electrons. The minimum absolute atomic E-state index is 0.229. The molecule has 0 bridgehead atoms. The molecule has 0 fully saturated rings. The van der Waals surface area contributed by atoms with E-state index in [1.165, 1.54) is 5.57 Å². The topological polar surface area (TPSA) is 37.3 Å². The highest BCUT2D eigenvalue weighted by Gasteiger charge is 2.15. The molecule has 2 atom stereocenters. The molecule has 2 heteroatoms. The summed E-state index contributed by atoms with van der Waals surface area (Å²) in [5, 5.41) is 8.81. The molecule has 1 aliphatic carbocycles. The zero-order chi connectivity index (χ0) is 11.3. The van der Waals surface area contributed by atoms with E-state index in [9.17, 15) is 4.79 Å². The molecule has 1 unspecified atom stereocenters. The summed E-state index contributed by atoms with van der Waals surface area (Å²) >= 11 is 0. The number of hydrogen-bond acceptors (Lipinski definition) is 1. The predicted molar refractivity (Wildman–Crippen MR) is 61.7 cm³/mol. The lowest BCUT2D eigenvalue weighted by molar-refractivity contribution is -0.141. The first-order chi connectivity index (χ1) is 7.09. The minimum atomic E-state index is -0.685. The Morgan fingerprint density at radius 2 is 2.20 bits per heavy atom. The number of aliphatic carboxylic acids is 1. The number of carboxylic acid groups (broad SMARTS) is 1. The average molecular weight is 208 g/mol. The number of allylic oxidation sites excluding steroid dienone is 4.